The van der Waals surface area contributed by atoms with Crippen LogP contribution in [0.2, 0.25) is 5.02 Å². The van der Waals surface area contributed by atoms with Gasteiger partial charge in [-0.2, -0.15) is 0 Å². The second-order valence-corrected chi connectivity index (χ2v) is 8.55. The summed E-state index contributed by atoms with van der Waals surface area (Å²) in [6, 6.07) is 18.4. The molecule has 0 unspecified atom stereocenters. The fraction of sp³-hybridized carbons (Fsp3) is 0.320. The number of hydrogen-bond donors (Lipinski definition) is 1. The average molecular weight is 410 g/mol. The van der Waals surface area contributed by atoms with E-state index in [0.717, 1.165) is 42.1 Å². The average Bonchev–Trinajstić information content (AvgIpc) is 2.74. The Kier molecular flexibility index (Phi) is 5.86. The number of amides is 1. The third-order valence-corrected chi connectivity index (χ3v) is 6.57. The Balaban J connectivity index is 1.41. The standard InChI is InChI=1S/C25H25ClFNO/c1-16(25(29)28-22-13-10-20(26)11-14-22)17-5-7-19(8-6-17)23-4-2-3-18-9-12-21(27)15-24(18)23/h2-4,9-17,19H,5-8H2,1H3,(H,28,29)/t16-,17?,19?/m1/s1. The van der Waals surface area contributed by atoms with Gasteiger partial charge in [0.05, 0.1) is 0 Å². The van der Waals surface area contributed by atoms with Crippen LogP contribution in [0.3, 0.4) is 0 Å². The zero-order valence-electron chi connectivity index (χ0n) is 16.5. The number of nitrogens with one attached hydrogen (secondary N) is 1. The van der Waals surface area contributed by atoms with Crippen LogP contribution in [0.4, 0.5) is 10.1 Å². The van der Waals surface area contributed by atoms with Crippen molar-refractivity contribution in [1.82, 2.24) is 0 Å². The lowest BCUT2D eigenvalue weighted by Gasteiger charge is -2.32. The molecule has 4 heteroatoms. The van der Waals surface area contributed by atoms with Crippen molar-refractivity contribution in [2.24, 2.45) is 11.8 Å². The van der Waals surface area contributed by atoms with Crippen LogP contribution in [0.15, 0.2) is 60.7 Å². The first-order valence-electron chi connectivity index (χ1n) is 10.3. The fourth-order valence-corrected chi connectivity index (χ4v) is 4.68. The van der Waals surface area contributed by atoms with E-state index >= 15 is 0 Å². The van der Waals surface area contributed by atoms with E-state index in [2.05, 4.69) is 17.4 Å². The lowest BCUT2D eigenvalue weighted by Crippen LogP contribution is -2.29. The molecule has 0 aliphatic heterocycles. The molecular weight excluding hydrogens is 385 g/mol. The van der Waals surface area contributed by atoms with Crippen LogP contribution >= 0.6 is 11.6 Å². The molecule has 0 saturated heterocycles. The van der Waals surface area contributed by atoms with E-state index in [9.17, 15) is 9.18 Å². The second kappa shape index (κ2) is 8.54. The summed E-state index contributed by atoms with van der Waals surface area (Å²) in [5.41, 5.74) is 2.01. The van der Waals surface area contributed by atoms with Gasteiger partial charge in [-0.1, -0.05) is 42.8 Å². The summed E-state index contributed by atoms with van der Waals surface area (Å²) < 4.78 is 13.8. The third kappa shape index (κ3) is 4.45. The molecule has 1 N–H and O–H groups in total. The van der Waals surface area contributed by atoms with Crippen molar-refractivity contribution in [3.05, 3.63) is 77.1 Å². The molecule has 1 fully saturated rings. The highest BCUT2D eigenvalue weighted by molar-refractivity contribution is 6.30. The highest BCUT2D eigenvalue weighted by atomic mass is 35.5. The van der Waals surface area contributed by atoms with E-state index in [1.807, 2.05) is 31.2 Å². The van der Waals surface area contributed by atoms with Crippen molar-refractivity contribution in [2.45, 2.75) is 38.5 Å². The Morgan fingerprint density at radius 1 is 1.03 bits per heavy atom. The Morgan fingerprint density at radius 3 is 2.48 bits per heavy atom. The zero-order chi connectivity index (χ0) is 20.4. The Labute approximate surface area is 176 Å². The van der Waals surface area contributed by atoms with Gasteiger partial charge in [0.1, 0.15) is 5.82 Å². The van der Waals surface area contributed by atoms with E-state index in [1.54, 1.807) is 18.2 Å². The lowest BCUT2D eigenvalue weighted by atomic mass is 9.73. The summed E-state index contributed by atoms with van der Waals surface area (Å²) in [6.45, 7) is 2.02. The van der Waals surface area contributed by atoms with Crippen molar-refractivity contribution in [2.75, 3.05) is 5.32 Å². The van der Waals surface area contributed by atoms with E-state index in [-0.39, 0.29) is 17.6 Å². The van der Waals surface area contributed by atoms with Crippen LogP contribution in [-0.4, -0.2) is 5.91 Å². The molecule has 1 aliphatic carbocycles. The van der Waals surface area contributed by atoms with Crippen LogP contribution < -0.4 is 5.32 Å². The van der Waals surface area contributed by atoms with E-state index < -0.39 is 0 Å². The second-order valence-electron chi connectivity index (χ2n) is 8.11. The van der Waals surface area contributed by atoms with Gasteiger partial charge in [0.15, 0.2) is 0 Å². The van der Waals surface area contributed by atoms with Crippen LogP contribution in [0.5, 0.6) is 0 Å². The number of halogens is 2. The summed E-state index contributed by atoms with van der Waals surface area (Å²) >= 11 is 5.91. The molecule has 29 heavy (non-hydrogen) atoms. The minimum Gasteiger partial charge on any atom is -0.326 e. The number of hydrogen-bond acceptors (Lipinski definition) is 1. The molecule has 0 bridgehead atoms. The number of benzene rings is 3. The molecule has 1 amide bonds. The van der Waals surface area contributed by atoms with Gasteiger partial charge in [-0.25, -0.2) is 4.39 Å². The third-order valence-electron chi connectivity index (χ3n) is 6.32. The number of carbonyl (C=O) groups excluding carboxylic acids is 1. The molecule has 1 saturated carbocycles. The number of fused-ring (bicyclic) bond motifs is 1. The monoisotopic (exact) mass is 409 g/mol. The smallest absolute Gasteiger partial charge is 0.227 e. The van der Waals surface area contributed by atoms with E-state index in [1.165, 1.54) is 11.6 Å². The van der Waals surface area contributed by atoms with Crippen molar-refractivity contribution >= 4 is 34.0 Å². The van der Waals surface area contributed by atoms with Gasteiger partial charge < -0.3 is 5.32 Å². The maximum Gasteiger partial charge on any atom is 0.227 e. The van der Waals surface area contributed by atoms with Gasteiger partial charge >= 0.3 is 0 Å². The molecule has 0 heterocycles. The van der Waals surface area contributed by atoms with Gasteiger partial charge in [-0.3, -0.25) is 4.79 Å². The summed E-state index contributed by atoms with van der Waals surface area (Å²) in [5, 5.41) is 5.76. The predicted molar refractivity (Wildman–Crippen MR) is 118 cm³/mol. The van der Waals surface area contributed by atoms with Gasteiger partial charge in [0.2, 0.25) is 5.91 Å². The Bertz CT molecular complexity index is 1010. The molecule has 4 rings (SSSR count). The van der Waals surface area contributed by atoms with Gasteiger partial charge in [0.25, 0.3) is 0 Å². The molecular formula is C25H25ClFNO. The highest BCUT2D eigenvalue weighted by Crippen LogP contribution is 2.41. The number of anilines is 1. The van der Waals surface area contributed by atoms with Gasteiger partial charge in [0, 0.05) is 16.6 Å². The number of rotatable bonds is 4. The SMILES string of the molecule is C[C@@H](C(=O)Nc1ccc(Cl)cc1)C1CCC(c2cccc3ccc(F)cc23)CC1. The number of carbonyl (C=O) groups is 1. The van der Waals surface area contributed by atoms with Gasteiger partial charge in [-0.15, -0.1) is 0 Å². The predicted octanol–water partition coefficient (Wildman–Crippen LogP) is 7.18. The first-order chi connectivity index (χ1) is 14.0. The quantitative estimate of drug-likeness (QED) is 0.485. The lowest BCUT2D eigenvalue weighted by molar-refractivity contribution is -0.121. The maximum absolute atomic E-state index is 13.8. The van der Waals surface area contributed by atoms with Gasteiger partial charge in [-0.05, 0) is 90.3 Å². The zero-order valence-corrected chi connectivity index (χ0v) is 17.3. The molecule has 3 aromatic carbocycles. The molecule has 2 nitrogen and oxygen atoms in total. The summed E-state index contributed by atoms with van der Waals surface area (Å²) in [6.07, 6.45) is 4.06. The molecule has 0 aromatic heterocycles. The van der Waals surface area contributed by atoms with E-state index in [4.69, 9.17) is 11.6 Å². The van der Waals surface area contributed by atoms with Crippen molar-refractivity contribution in [3.8, 4) is 0 Å². The Hall–Kier alpha value is -2.39. The molecule has 3 aromatic rings. The van der Waals surface area contributed by atoms with Crippen molar-refractivity contribution in [3.63, 3.8) is 0 Å². The first kappa shape index (κ1) is 19.9. The topological polar surface area (TPSA) is 29.1 Å². The molecule has 0 radical (unpaired) electrons. The molecule has 0 spiro atoms. The van der Waals surface area contributed by atoms with Crippen molar-refractivity contribution in [1.29, 1.82) is 0 Å². The fourth-order valence-electron chi connectivity index (χ4n) is 4.56. The summed E-state index contributed by atoms with van der Waals surface area (Å²) in [4.78, 5) is 12.7. The summed E-state index contributed by atoms with van der Waals surface area (Å²) in [7, 11) is 0. The van der Waals surface area contributed by atoms with Crippen LogP contribution in [-0.2, 0) is 4.79 Å². The molecule has 1 aliphatic rings. The van der Waals surface area contributed by atoms with Crippen LogP contribution in [0.1, 0.15) is 44.1 Å². The van der Waals surface area contributed by atoms with Crippen molar-refractivity contribution < 1.29 is 9.18 Å². The summed E-state index contributed by atoms with van der Waals surface area (Å²) in [5.74, 6) is 0.610. The molecule has 150 valence electrons. The minimum atomic E-state index is -0.189. The Morgan fingerprint density at radius 2 is 1.76 bits per heavy atom. The van der Waals surface area contributed by atoms with Crippen LogP contribution in [0.25, 0.3) is 10.8 Å². The largest absolute Gasteiger partial charge is 0.326 e. The first-order valence-corrected chi connectivity index (χ1v) is 10.6. The highest BCUT2D eigenvalue weighted by Gasteiger charge is 2.30. The van der Waals surface area contributed by atoms with E-state index in [0.29, 0.717) is 16.9 Å². The molecule has 1 atom stereocenters. The minimum absolute atomic E-state index is 0.0448. The normalized spacial score (nSPS) is 20.4. The maximum atomic E-state index is 13.8. The van der Waals surface area contributed by atoms with Crippen LogP contribution in [0, 0.1) is 17.7 Å².